The SMILES string of the molecule is CC[C@@]1(CO)C(=O)OCc2c1cc1n(c2=O)Cc2cc3ccccc3nc2-1. The number of carbonyl (C=O) groups is 1. The molecular weight excluding hydrogens is 344 g/mol. The van der Waals surface area contributed by atoms with Crippen molar-refractivity contribution in [3.05, 3.63) is 63.4 Å². The number of aliphatic hydroxyl groups excluding tert-OH is 1. The molecule has 2 aliphatic heterocycles. The van der Waals surface area contributed by atoms with Crippen molar-refractivity contribution in [1.29, 1.82) is 0 Å². The fraction of sp³-hybridized carbons (Fsp3) is 0.286. The maximum absolute atomic E-state index is 13.2. The summed E-state index contributed by atoms with van der Waals surface area (Å²) >= 11 is 0. The second-order valence-corrected chi connectivity index (χ2v) is 7.17. The number of hydrogen-bond acceptors (Lipinski definition) is 5. The minimum absolute atomic E-state index is 0.0548. The molecule has 1 N–H and O–H groups in total. The van der Waals surface area contributed by atoms with E-state index in [4.69, 9.17) is 9.72 Å². The molecule has 136 valence electrons. The Hall–Kier alpha value is -2.99. The van der Waals surface area contributed by atoms with Crippen LogP contribution < -0.4 is 5.56 Å². The number of aromatic nitrogens is 2. The van der Waals surface area contributed by atoms with Crippen molar-refractivity contribution in [2.24, 2.45) is 0 Å². The Balaban J connectivity index is 1.81. The van der Waals surface area contributed by atoms with Crippen LogP contribution in [0.15, 0.2) is 41.2 Å². The van der Waals surface area contributed by atoms with Gasteiger partial charge >= 0.3 is 5.97 Å². The van der Waals surface area contributed by atoms with Crippen molar-refractivity contribution in [3.8, 4) is 11.4 Å². The van der Waals surface area contributed by atoms with Gasteiger partial charge in [0.2, 0.25) is 0 Å². The van der Waals surface area contributed by atoms with Crippen LogP contribution in [0.25, 0.3) is 22.3 Å². The van der Waals surface area contributed by atoms with Gasteiger partial charge in [-0.3, -0.25) is 9.59 Å². The zero-order chi connectivity index (χ0) is 18.8. The van der Waals surface area contributed by atoms with Crippen LogP contribution in [0.5, 0.6) is 0 Å². The van der Waals surface area contributed by atoms with E-state index >= 15 is 0 Å². The van der Waals surface area contributed by atoms with Crippen molar-refractivity contribution >= 4 is 16.9 Å². The normalized spacial score (nSPS) is 20.1. The summed E-state index contributed by atoms with van der Waals surface area (Å²) < 4.78 is 6.94. The van der Waals surface area contributed by atoms with Crippen molar-refractivity contribution < 1.29 is 14.6 Å². The summed E-state index contributed by atoms with van der Waals surface area (Å²) in [4.78, 5) is 30.4. The van der Waals surface area contributed by atoms with Crippen LogP contribution in [0.1, 0.15) is 30.0 Å². The first-order chi connectivity index (χ1) is 13.1. The third-order valence-corrected chi connectivity index (χ3v) is 5.90. The fourth-order valence-corrected chi connectivity index (χ4v) is 4.26. The summed E-state index contributed by atoms with van der Waals surface area (Å²) in [5, 5.41) is 11.0. The van der Waals surface area contributed by atoms with E-state index in [0.717, 1.165) is 22.2 Å². The average Bonchev–Trinajstić information content (AvgIpc) is 3.05. The van der Waals surface area contributed by atoms with Crippen LogP contribution in [0.2, 0.25) is 0 Å². The molecule has 0 radical (unpaired) electrons. The first-order valence-electron chi connectivity index (χ1n) is 9.03. The number of esters is 1. The summed E-state index contributed by atoms with van der Waals surface area (Å²) in [5.74, 6) is -0.478. The molecule has 0 bridgehead atoms. The van der Waals surface area contributed by atoms with Gasteiger partial charge < -0.3 is 14.4 Å². The molecule has 0 fully saturated rings. The van der Waals surface area contributed by atoms with Crippen LogP contribution >= 0.6 is 0 Å². The third kappa shape index (κ3) is 2.01. The van der Waals surface area contributed by atoms with Crippen molar-refractivity contribution in [1.82, 2.24) is 9.55 Å². The zero-order valence-electron chi connectivity index (χ0n) is 14.9. The van der Waals surface area contributed by atoms with Gasteiger partial charge in [0.25, 0.3) is 5.56 Å². The van der Waals surface area contributed by atoms with Crippen LogP contribution in [0.3, 0.4) is 0 Å². The molecule has 1 atom stereocenters. The molecular formula is C21H18N2O4. The Morgan fingerprint density at radius 3 is 2.85 bits per heavy atom. The summed E-state index contributed by atoms with van der Waals surface area (Å²) in [6.45, 7) is 1.81. The molecule has 4 heterocycles. The van der Waals surface area contributed by atoms with Crippen molar-refractivity contribution in [3.63, 3.8) is 0 Å². The van der Waals surface area contributed by atoms with Crippen molar-refractivity contribution in [2.75, 3.05) is 6.61 Å². The van der Waals surface area contributed by atoms with Gasteiger partial charge in [-0.05, 0) is 30.2 Å². The Morgan fingerprint density at radius 1 is 1.26 bits per heavy atom. The quantitative estimate of drug-likeness (QED) is 0.553. The number of nitrogens with zero attached hydrogens (tertiary/aromatic N) is 2. The van der Waals surface area contributed by atoms with Gasteiger partial charge in [-0.25, -0.2) is 4.98 Å². The number of ether oxygens (including phenoxy) is 1. The first-order valence-corrected chi connectivity index (χ1v) is 9.03. The van der Waals surface area contributed by atoms with E-state index in [1.165, 1.54) is 0 Å². The lowest BCUT2D eigenvalue weighted by atomic mass is 9.75. The van der Waals surface area contributed by atoms with E-state index in [0.29, 0.717) is 29.8 Å². The standard InChI is InChI=1S/C21H18N2O4/c1-2-21(11-24)15-8-17-18-13(7-12-5-3-4-6-16(12)22-18)9-23(17)19(25)14(15)10-27-20(21)26/h3-8,24H,2,9-11H2,1H3/t21-/m0/s1. The molecule has 3 aromatic rings. The topological polar surface area (TPSA) is 81.4 Å². The van der Waals surface area contributed by atoms with Gasteiger partial charge in [0.1, 0.15) is 12.0 Å². The number of pyridine rings is 2. The highest BCUT2D eigenvalue weighted by molar-refractivity contribution is 5.87. The number of fused-ring (bicyclic) bond motifs is 5. The lowest BCUT2D eigenvalue weighted by Gasteiger charge is -2.34. The highest BCUT2D eigenvalue weighted by atomic mass is 16.5. The number of benzene rings is 1. The molecule has 0 amide bonds. The second kappa shape index (κ2) is 5.50. The van der Waals surface area contributed by atoms with Crippen LogP contribution in [0, 0.1) is 0 Å². The molecule has 0 unspecified atom stereocenters. The van der Waals surface area contributed by atoms with Crippen molar-refractivity contribution in [2.45, 2.75) is 31.9 Å². The smallest absolute Gasteiger partial charge is 0.319 e. The third-order valence-electron chi connectivity index (χ3n) is 5.90. The number of rotatable bonds is 2. The fourth-order valence-electron chi connectivity index (χ4n) is 4.26. The van der Waals surface area contributed by atoms with E-state index in [1.54, 1.807) is 4.57 Å². The highest BCUT2D eigenvalue weighted by Crippen LogP contribution is 2.39. The van der Waals surface area contributed by atoms with E-state index in [2.05, 4.69) is 6.07 Å². The molecule has 6 nitrogen and oxygen atoms in total. The molecule has 0 aliphatic carbocycles. The average molecular weight is 362 g/mol. The van der Waals surface area contributed by atoms with Gasteiger partial charge in [0.05, 0.1) is 35.6 Å². The van der Waals surface area contributed by atoms with E-state index < -0.39 is 18.0 Å². The maximum atomic E-state index is 13.2. The van der Waals surface area contributed by atoms with Gasteiger partial charge in [-0.15, -0.1) is 0 Å². The van der Waals surface area contributed by atoms with Crippen LogP contribution in [-0.4, -0.2) is 27.2 Å². The number of aliphatic hydroxyl groups is 1. The number of para-hydroxylation sites is 1. The number of hydrogen-bond donors (Lipinski definition) is 1. The molecule has 5 rings (SSSR count). The molecule has 0 spiro atoms. The Kier molecular flexibility index (Phi) is 3.30. The zero-order valence-corrected chi connectivity index (χ0v) is 14.9. The minimum Gasteiger partial charge on any atom is -0.460 e. The van der Waals surface area contributed by atoms with Crippen LogP contribution in [-0.2, 0) is 28.1 Å². The largest absolute Gasteiger partial charge is 0.460 e. The lowest BCUT2D eigenvalue weighted by molar-refractivity contribution is -0.156. The highest BCUT2D eigenvalue weighted by Gasteiger charge is 2.46. The molecule has 2 aliphatic rings. The second-order valence-electron chi connectivity index (χ2n) is 7.17. The molecule has 2 aromatic heterocycles. The molecule has 27 heavy (non-hydrogen) atoms. The van der Waals surface area contributed by atoms with E-state index in [-0.39, 0.29) is 12.2 Å². The molecule has 6 heteroatoms. The summed E-state index contributed by atoms with van der Waals surface area (Å²) in [7, 11) is 0. The molecule has 1 aromatic carbocycles. The maximum Gasteiger partial charge on any atom is 0.319 e. The number of carbonyl (C=O) groups excluding carboxylic acids is 1. The Bertz CT molecular complexity index is 1170. The monoisotopic (exact) mass is 362 g/mol. The first kappa shape index (κ1) is 16.2. The summed E-state index contributed by atoms with van der Waals surface area (Å²) in [6, 6.07) is 11.7. The Labute approximate surface area is 155 Å². The number of cyclic esters (lactones) is 1. The van der Waals surface area contributed by atoms with E-state index in [1.807, 2.05) is 37.3 Å². The van der Waals surface area contributed by atoms with Crippen LogP contribution in [0.4, 0.5) is 0 Å². The van der Waals surface area contributed by atoms with Gasteiger partial charge in [-0.1, -0.05) is 25.1 Å². The summed E-state index contributed by atoms with van der Waals surface area (Å²) in [5.41, 5.74) is 2.94. The predicted octanol–water partition coefficient (Wildman–Crippen LogP) is 2.12. The minimum atomic E-state index is -1.19. The van der Waals surface area contributed by atoms with Gasteiger partial charge in [0, 0.05) is 10.9 Å². The molecule has 0 saturated carbocycles. The lowest BCUT2D eigenvalue weighted by Crippen LogP contribution is -2.47. The molecule has 0 saturated heterocycles. The van der Waals surface area contributed by atoms with Gasteiger partial charge in [0.15, 0.2) is 0 Å². The predicted molar refractivity (Wildman–Crippen MR) is 99.4 cm³/mol. The van der Waals surface area contributed by atoms with E-state index in [9.17, 15) is 14.7 Å². The summed E-state index contributed by atoms with van der Waals surface area (Å²) in [6.07, 6.45) is 0.357. The van der Waals surface area contributed by atoms with Gasteiger partial charge in [-0.2, -0.15) is 0 Å². The Morgan fingerprint density at radius 2 is 2.07 bits per heavy atom.